The van der Waals surface area contributed by atoms with Gasteiger partial charge in [0.15, 0.2) is 0 Å². The number of carboxylic acid groups (broad SMARTS) is 5. The molecular weight excluding hydrogens is 1450 g/mol. The predicted molar refractivity (Wildman–Crippen MR) is 334 cm³/mol. The molecule has 5 rings (SSSR count). The van der Waals surface area contributed by atoms with Gasteiger partial charge in [-0.2, -0.15) is 0 Å². The molecule has 0 spiro atoms. The number of hydrogen-bond acceptors (Lipinski definition) is 36. The van der Waals surface area contributed by atoms with Crippen LogP contribution in [0.25, 0.3) is 0 Å². The summed E-state index contributed by atoms with van der Waals surface area (Å²) in [6.45, 7) is -1.33. The van der Waals surface area contributed by atoms with Crippen molar-refractivity contribution in [3.8, 4) is 0 Å². The van der Waals surface area contributed by atoms with E-state index in [1.807, 2.05) is 0 Å². The fourth-order valence-electron chi connectivity index (χ4n) is 12.8. The van der Waals surface area contributed by atoms with Gasteiger partial charge in [0.2, 0.25) is 29.5 Å². The maximum atomic E-state index is 13.8. The molecule has 608 valence electrons. The van der Waals surface area contributed by atoms with Gasteiger partial charge in [-0.05, 0) is 0 Å². The molecule has 0 radical (unpaired) electrons. The fraction of sp³-hybridized carbons (Fsp3) is 0.833. The van der Waals surface area contributed by atoms with E-state index in [1.165, 1.54) is 34.6 Å². The number of rotatable bonds is 38. The summed E-state index contributed by atoms with van der Waals surface area (Å²) in [6, 6.07) is -10.0. The predicted octanol–water partition coefficient (Wildman–Crippen LogP) is -13.2. The van der Waals surface area contributed by atoms with Crippen molar-refractivity contribution in [3.63, 3.8) is 0 Å². The molecule has 0 unspecified atom stereocenters. The van der Waals surface area contributed by atoms with Crippen molar-refractivity contribution >= 4 is 59.4 Å². The highest BCUT2D eigenvalue weighted by Gasteiger charge is 2.65. The fourth-order valence-corrected chi connectivity index (χ4v) is 12.8. The Labute approximate surface area is 600 Å². The summed E-state index contributed by atoms with van der Waals surface area (Å²) < 4.78 is 51.1. The molecule has 5 aliphatic heterocycles. The number of amides is 5. The lowest BCUT2D eigenvalue weighted by Gasteiger charge is -2.51. The van der Waals surface area contributed by atoms with Gasteiger partial charge in [0, 0.05) is 64.2 Å². The lowest BCUT2D eigenvalue weighted by atomic mass is 9.86. The minimum absolute atomic E-state index is 0.277. The third-order valence-corrected chi connectivity index (χ3v) is 18.6. The molecule has 5 amide bonds. The van der Waals surface area contributed by atoms with Gasteiger partial charge >= 0.3 is 29.8 Å². The zero-order chi connectivity index (χ0) is 80.2. The third kappa shape index (κ3) is 20.0. The van der Waals surface area contributed by atoms with Crippen LogP contribution in [0.3, 0.4) is 0 Å². The Morgan fingerprint density at radius 3 is 0.708 bits per heavy atom. The quantitative estimate of drug-likeness (QED) is 0.0273. The van der Waals surface area contributed by atoms with Crippen molar-refractivity contribution in [1.29, 1.82) is 0 Å². The van der Waals surface area contributed by atoms with Gasteiger partial charge in [-0.3, -0.25) is 24.0 Å². The molecule has 5 aliphatic rings. The van der Waals surface area contributed by atoms with E-state index in [0.29, 0.717) is 0 Å². The molecule has 0 aliphatic carbocycles. The van der Waals surface area contributed by atoms with Crippen LogP contribution in [0.1, 0.15) is 98.8 Å². The monoisotopic (exact) mass is 1540 g/mol. The van der Waals surface area contributed by atoms with E-state index in [1.54, 1.807) is 0 Å². The number of carbonyl (C=O) groups is 10. The summed E-state index contributed by atoms with van der Waals surface area (Å²) in [5.41, 5.74) is 0. The van der Waals surface area contributed by atoms with Gasteiger partial charge in [-0.1, -0.05) is 34.6 Å². The molecule has 46 nitrogen and oxygen atoms in total. The zero-order valence-electron chi connectivity index (χ0n) is 57.6. The summed E-state index contributed by atoms with van der Waals surface area (Å²) in [4.78, 5) is 131. The molecule has 0 saturated carbocycles. The number of carbonyl (C=O) groups excluding carboxylic acids is 5. The van der Waals surface area contributed by atoms with E-state index in [9.17, 15) is 160 Å². The first kappa shape index (κ1) is 90.3. The molecule has 5 saturated heterocycles. The van der Waals surface area contributed by atoms with Gasteiger partial charge in [0.1, 0.15) is 91.6 Å². The SMILES string of the molecule is CCC(=O)N[C@H]1[C@H]([C@H](O)[C@H](O)CO)O[C@@](O[C@H](CO)[C@@H](O)[C@@H]2O[C@@](O[C@H](CO)[C@@H](O)[C@@H]3O[C@@](O[C@H](CO)[C@@H](O)[C@@H]4O[C@@](O[C@H](CO)[C@@H](O)[C@@H]5O[C@@](O)(C(=O)O)C[C@H](O)[C@H]5NC(=O)CC)(C(=O)O)C[C@H](O)[C@H]4NC(=O)CC)(C(=O)O)C[C@H](O)[C@H]3NC(=O)CC)(C(=O)O)C[C@H](O)[C@H]2NC(=O)CC)(C(=O)O)C[C@@H]1O. The van der Waals surface area contributed by atoms with E-state index >= 15 is 0 Å². The van der Waals surface area contributed by atoms with E-state index < -0.39 is 325 Å². The lowest BCUT2D eigenvalue weighted by Crippen LogP contribution is -2.72. The van der Waals surface area contributed by atoms with Gasteiger partial charge < -0.3 is 182 Å². The summed E-state index contributed by atoms with van der Waals surface area (Å²) >= 11 is 0. The van der Waals surface area contributed by atoms with Gasteiger partial charge in [0.25, 0.3) is 28.9 Å². The van der Waals surface area contributed by atoms with Crippen LogP contribution in [-0.2, 0) is 90.6 Å². The summed E-state index contributed by atoms with van der Waals surface area (Å²) in [5.74, 6) is -33.8. The molecule has 0 aromatic rings. The first-order valence-electron chi connectivity index (χ1n) is 33.5. The van der Waals surface area contributed by atoms with Crippen LogP contribution in [0.2, 0.25) is 0 Å². The van der Waals surface area contributed by atoms with Crippen LogP contribution in [-0.4, -0.2) is 386 Å². The standard InChI is InChI=1S/C60H97N5O41/c1-6-31(77)61-36-21(71)11-56(97,51(87)88)102-47(36)42(83)27(17-67)98-58(53(91)92)13-23(73)38(63-33(79)8-3)49(104-58)44(85)29(19-69)100-60(55(95)96)15-25(75)40(65-35(81)10-5)50(106-60)45(86)30(20-70)101-59(54(93)94)14-24(74)39(64-34(80)9-4)48(105-59)43(84)28(18-68)99-57(52(89)90)12-22(72)37(62-32(78)7-2)46(103-57)41(82)26(76)16-66/h21-30,36-50,66-76,82-86,97H,6-20H2,1-5H3,(H,61,77)(H,62,78)(H,63,79)(H,64,80)(H,65,81)(H,87,88)(H,89,90)(H,91,92)(H,93,94)(H,95,96)/t21-,22-,23-,24-,25-,26+,27+,28+,29+,30+,36+,37+,38+,39+,40+,41+,42+,43+,44+,45+,46+,47+,48+,49+,50+,56+,57+,58+,59+,60+/m0/s1. The molecule has 0 bridgehead atoms. The number of carboxylic acids is 5. The Morgan fingerprint density at radius 1 is 0.330 bits per heavy atom. The first-order chi connectivity index (χ1) is 49.5. The summed E-state index contributed by atoms with van der Waals surface area (Å²) in [6.07, 6.45) is -58.8. The number of ether oxygens (including phenoxy) is 9. The second kappa shape index (κ2) is 37.9. The second-order valence-corrected chi connectivity index (χ2v) is 25.9. The molecule has 0 aromatic carbocycles. The van der Waals surface area contributed by atoms with Crippen LogP contribution in [0, 0.1) is 0 Å². The van der Waals surface area contributed by atoms with E-state index in [4.69, 9.17) is 42.6 Å². The summed E-state index contributed by atoms with van der Waals surface area (Å²) in [7, 11) is 0. The highest BCUT2D eigenvalue weighted by Crippen LogP contribution is 2.43. The molecule has 106 heavy (non-hydrogen) atoms. The van der Waals surface area contributed by atoms with Gasteiger partial charge in [-0.15, -0.1) is 0 Å². The van der Waals surface area contributed by atoms with Crippen molar-refractivity contribution in [1.82, 2.24) is 26.6 Å². The Bertz CT molecular complexity index is 3040. The Kier molecular flexibility index (Phi) is 32.2. The van der Waals surface area contributed by atoms with Crippen LogP contribution in [0.5, 0.6) is 0 Å². The highest BCUT2D eigenvalue weighted by molar-refractivity contribution is 5.81. The topological polar surface area (TPSA) is 759 Å². The van der Waals surface area contributed by atoms with Crippen LogP contribution in [0.15, 0.2) is 0 Å². The highest BCUT2D eigenvalue weighted by atomic mass is 16.8. The minimum Gasteiger partial charge on any atom is -0.477 e. The number of nitrogens with one attached hydrogen (secondary N) is 5. The van der Waals surface area contributed by atoms with Gasteiger partial charge in [-0.25, -0.2) is 24.0 Å². The van der Waals surface area contributed by atoms with Crippen molar-refractivity contribution in [2.75, 3.05) is 33.0 Å². The Hall–Kier alpha value is -6.34. The maximum absolute atomic E-state index is 13.8. The first-order valence-corrected chi connectivity index (χ1v) is 33.5. The Balaban J connectivity index is 1.58. The number of aliphatic hydroxyl groups excluding tert-OH is 16. The summed E-state index contributed by atoms with van der Waals surface area (Å²) in [5, 5.41) is 257. The lowest BCUT2D eigenvalue weighted by molar-refractivity contribution is -0.364. The van der Waals surface area contributed by atoms with E-state index in [2.05, 4.69) is 26.6 Å². The van der Waals surface area contributed by atoms with Crippen molar-refractivity contribution in [2.24, 2.45) is 0 Å². The van der Waals surface area contributed by atoms with Crippen LogP contribution < -0.4 is 26.6 Å². The average Bonchev–Trinajstić information content (AvgIpc) is 0.758. The van der Waals surface area contributed by atoms with Crippen molar-refractivity contribution in [3.05, 3.63) is 0 Å². The smallest absolute Gasteiger partial charge is 0.364 e. The van der Waals surface area contributed by atoms with Gasteiger partial charge in [0.05, 0.1) is 93.8 Å². The molecule has 5 fully saturated rings. The molecule has 46 heteroatoms. The minimum atomic E-state index is -3.69. The molecule has 27 N–H and O–H groups in total. The third-order valence-electron chi connectivity index (χ3n) is 18.6. The Morgan fingerprint density at radius 2 is 0.528 bits per heavy atom. The normalized spacial score (nSPS) is 36.3. The molecule has 0 aromatic heterocycles. The molecular formula is C60H97N5O41. The average molecular weight is 1540 g/mol. The van der Waals surface area contributed by atoms with E-state index in [0.717, 1.165) is 0 Å². The number of aliphatic hydroxyl groups is 17. The molecule has 30 atom stereocenters. The second-order valence-electron chi connectivity index (χ2n) is 25.9. The zero-order valence-corrected chi connectivity index (χ0v) is 57.6. The van der Waals surface area contributed by atoms with Crippen LogP contribution >= 0.6 is 0 Å². The number of aliphatic carboxylic acids is 5. The molecule has 5 heterocycles. The largest absolute Gasteiger partial charge is 0.477 e. The maximum Gasteiger partial charge on any atom is 0.364 e. The van der Waals surface area contributed by atoms with Crippen molar-refractivity contribution in [2.45, 2.75) is 280 Å². The van der Waals surface area contributed by atoms with E-state index in [-0.39, 0.29) is 12.8 Å². The van der Waals surface area contributed by atoms with Crippen molar-refractivity contribution < 1.29 is 203 Å². The van der Waals surface area contributed by atoms with Crippen LogP contribution in [0.4, 0.5) is 0 Å². The number of hydrogen-bond donors (Lipinski definition) is 27.